The number of aryl methyl sites for hydroxylation is 1. The zero-order valence-corrected chi connectivity index (χ0v) is 11.2. The minimum Gasteiger partial charge on any atom is -0.356 e. The van der Waals surface area contributed by atoms with Crippen LogP contribution in [-0.2, 0) is 0 Å². The first-order valence-corrected chi connectivity index (χ1v) is 6.40. The Hall–Kier alpha value is -2.06. The summed E-state index contributed by atoms with van der Waals surface area (Å²) in [4.78, 5) is 0. The van der Waals surface area contributed by atoms with Gasteiger partial charge >= 0.3 is 0 Å². The zero-order valence-electron chi connectivity index (χ0n) is 10.4. The molecule has 94 valence electrons. The van der Waals surface area contributed by atoms with E-state index in [9.17, 15) is 0 Å². The van der Waals surface area contributed by atoms with Gasteiger partial charge < -0.3 is 4.52 Å². The van der Waals surface area contributed by atoms with Crippen LogP contribution in [0.2, 0.25) is 5.02 Å². The van der Waals surface area contributed by atoms with Gasteiger partial charge in [-0.1, -0.05) is 41.0 Å². The maximum absolute atomic E-state index is 5.87. The molecule has 19 heavy (non-hydrogen) atoms. The van der Waals surface area contributed by atoms with E-state index in [-0.39, 0.29) is 0 Å². The molecule has 0 amide bonds. The number of aromatic nitrogens is 1. The first-order valence-electron chi connectivity index (χ1n) is 6.03. The van der Waals surface area contributed by atoms with Gasteiger partial charge in [-0.2, -0.15) is 0 Å². The van der Waals surface area contributed by atoms with Crippen molar-refractivity contribution in [2.24, 2.45) is 0 Å². The highest BCUT2D eigenvalue weighted by Gasteiger charge is 2.09. The van der Waals surface area contributed by atoms with Crippen LogP contribution in [0.15, 0.2) is 59.1 Å². The van der Waals surface area contributed by atoms with Crippen molar-refractivity contribution in [3.05, 3.63) is 65.2 Å². The molecule has 2 nitrogen and oxygen atoms in total. The molecule has 0 aliphatic rings. The van der Waals surface area contributed by atoms with Crippen molar-refractivity contribution in [3.63, 3.8) is 0 Å². The summed E-state index contributed by atoms with van der Waals surface area (Å²) in [7, 11) is 0. The second kappa shape index (κ2) is 4.90. The minimum atomic E-state index is 0.711. The van der Waals surface area contributed by atoms with Crippen molar-refractivity contribution in [1.29, 1.82) is 0 Å². The summed E-state index contributed by atoms with van der Waals surface area (Å²) in [5, 5.41) is 4.85. The molecule has 3 aromatic rings. The van der Waals surface area contributed by atoms with Gasteiger partial charge in [0.05, 0.1) is 0 Å². The van der Waals surface area contributed by atoms with Crippen LogP contribution >= 0.6 is 11.6 Å². The number of rotatable bonds is 2. The Morgan fingerprint density at radius 3 is 2.47 bits per heavy atom. The first-order chi connectivity index (χ1) is 9.24. The molecule has 1 aromatic heterocycles. The standard InChI is InChI=1S/C16H12ClNO/c1-11-4-2-3-5-14(11)15-10-16(19-18-15)12-6-8-13(17)9-7-12/h2-10H,1H3. The van der Waals surface area contributed by atoms with Crippen LogP contribution in [0.4, 0.5) is 0 Å². The second-order valence-electron chi connectivity index (χ2n) is 4.40. The molecule has 3 rings (SSSR count). The molecule has 0 aliphatic carbocycles. The molecule has 0 saturated carbocycles. The average Bonchev–Trinajstić information content (AvgIpc) is 2.89. The Bertz CT molecular complexity index is 701. The molecular formula is C16H12ClNO. The maximum atomic E-state index is 5.87. The molecule has 0 unspecified atom stereocenters. The van der Waals surface area contributed by atoms with Gasteiger partial charge in [-0.25, -0.2) is 0 Å². The predicted octanol–water partition coefficient (Wildman–Crippen LogP) is 4.97. The zero-order chi connectivity index (χ0) is 13.2. The third-order valence-corrected chi connectivity index (χ3v) is 3.31. The minimum absolute atomic E-state index is 0.711. The topological polar surface area (TPSA) is 26.0 Å². The Morgan fingerprint density at radius 2 is 1.74 bits per heavy atom. The van der Waals surface area contributed by atoms with E-state index in [4.69, 9.17) is 16.1 Å². The summed E-state index contributed by atoms with van der Waals surface area (Å²) in [6, 6.07) is 17.6. The van der Waals surface area contributed by atoms with Gasteiger partial charge in [0.1, 0.15) is 5.69 Å². The fourth-order valence-corrected chi connectivity index (χ4v) is 2.14. The Kier molecular flexibility index (Phi) is 3.10. The van der Waals surface area contributed by atoms with Gasteiger partial charge in [0.15, 0.2) is 5.76 Å². The monoisotopic (exact) mass is 269 g/mol. The van der Waals surface area contributed by atoms with E-state index in [1.165, 1.54) is 5.56 Å². The molecule has 0 fully saturated rings. The van der Waals surface area contributed by atoms with E-state index in [0.717, 1.165) is 22.6 Å². The Morgan fingerprint density at radius 1 is 1.00 bits per heavy atom. The molecule has 3 heteroatoms. The van der Waals surface area contributed by atoms with Crippen LogP contribution in [0.25, 0.3) is 22.6 Å². The molecule has 0 bridgehead atoms. The van der Waals surface area contributed by atoms with Gasteiger partial charge in [-0.05, 0) is 36.8 Å². The molecule has 0 atom stereocenters. The predicted molar refractivity (Wildman–Crippen MR) is 77.1 cm³/mol. The van der Waals surface area contributed by atoms with Crippen molar-refractivity contribution in [1.82, 2.24) is 5.16 Å². The van der Waals surface area contributed by atoms with E-state index in [1.807, 2.05) is 48.5 Å². The molecule has 2 aromatic carbocycles. The van der Waals surface area contributed by atoms with Gasteiger partial charge in [0.2, 0.25) is 0 Å². The van der Waals surface area contributed by atoms with Crippen LogP contribution in [-0.4, -0.2) is 5.16 Å². The number of benzene rings is 2. The smallest absolute Gasteiger partial charge is 0.167 e. The lowest BCUT2D eigenvalue weighted by molar-refractivity contribution is 0.435. The number of nitrogens with zero attached hydrogens (tertiary/aromatic N) is 1. The number of hydrogen-bond acceptors (Lipinski definition) is 2. The van der Waals surface area contributed by atoms with Gasteiger partial charge in [-0.3, -0.25) is 0 Å². The normalized spacial score (nSPS) is 10.6. The van der Waals surface area contributed by atoms with E-state index in [1.54, 1.807) is 0 Å². The molecule has 0 N–H and O–H groups in total. The Balaban J connectivity index is 2.00. The highest BCUT2D eigenvalue weighted by Crippen LogP contribution is 2.28. The lowest BCUT2D eigenvalue weighted by Crippen LogP contribution is -1.81. The summed E-state index contributed by atoms with van der Waals surface area (Å²) in [5.41, 5.74) is 4.09. The fourth-order valence-electron chi connectivity index (χ4n) is 2.01. The van der Waals surface area contributed by atoms with Crippen molar-refractivity contribution >= 4 is 11.6 Å². The largest absolute Gasteiger partial charge is 0.356 e. The quantitative estimate of drug-likeness (QED) is 0.656. The van der Waals surface area contributed by atoms with Crippen LogP contribution in [0.5, 0.6) is 0 Å². The lowest BCUT2D eigenvalue weighted by Gasteiger charge is -1.99. The van der Waals surface area contributed by atoms with E-state index >= 15 is 0 Å². The van der Waals surface area contributed by atoms with Gasteiger partial charge in [0, 0.05) is 22.2 Å². The summed E-state index contributed by atoms with van der Waals surface area (Å²) >= 11 is 5.87. The van der Waals surface area contributed by atoms with Crippen molar-refractivity contribution in [2.75, 3.05) is 0 Å². The molecule has 1 heterocycles. The SMILES string of the molecule is Cc1ccccc1-c1cc(-c2ccc(Cl)cc2)on1. The van der Waals surface area contributed by atoms with Crippen LogP contribution < -0.4 is 0 Å². The van der Waals surface area contributed by atoms with E-state index in [0.29, 0.717) is 5.02 Å². The van der Waals surface area contributed by atoms with Crippen molar-refractivity contribution < 1.29 is 4.52 Å². The maximum Gasteiger partial charge on any atom is 0.167 e. The highest BCUT2D eigenvalue weighted by molar-refractivity contribution is 6.30. The van der Waals surface area contributed by atoms with E-state index in [2.05, 4.69) is 18.1 Å². The van der Waals surface area contributed by atoms with Gasteiger partial charge in [0.25, 0.3) is 0 Å². The summed E-state index contributed by atoms with van der Waals surface area (Å²) in [5.74, 6) is 0.745. The third-order valence-electron chi connectivity index (χ3n) is 3.06. The van der Waals surface area contributed by atoms with Crippen LogP contribution in [0.1, 0.15) is 5.56 Å². The first kappa shape index (κ1) is 12.0. The highest BCUT2D eigenvalue weighted by atomic mass is 35.5. The molecule has 0 radical (unpaired) electrons. The summed E-state index contributed by atoms with van der Waals surface area (Å²) in [6.07, 6.45) is 0. The van der Waals surface area contributed by atoms with Crippen LogP contribution in [0.3, 0.4) is 0 Å². The summed E-state index contributed by atoms with van der Waals surface area (Å²) in [6.45, 7) is 2.06. The van der Waals surface area contributed by atoms with Crippen LogP contribution in [0, 0.1) is 6.92 Å². The second-order valence-corrected chi connectivity index (χ2v) is 4.83. The fraction of sp³-hybridized carbons (Fsp3) is 0.0625. The number of halogens is 1. The number of hydrogen-bond donors (Lipinski definition) is 0. The summed E-state index contributed by atoms with van der Waals surface area (Å²) < 4.78 is 5.41. The van der Waals surface area contributed by atoms with Crippen molar-refractivity contribution in [3.8, 4) is 22.6 Å². The molecule has 0 saturated heterocycles. The molecule has 0 aliphatic heterocycles. The van der Waals surface area contributed by atoms with E-state index < -0.39 is 0 Å². The lowest BCUT2D eigenvalue weighted by atomic mass is 10.1. The molecule has 0 spiro atoms. The average molecular weight is 270 g/mol. The van der Waals surface area contributed by atoms with Crippen molar-refractivity contribution in [2.45, 2.75) is 6.92 Å². The Labute approximate surface area is 116 Å². The van der Waals surface area contributed by atoms with Gasteiger partial charge in [-0.15, -0.1) is 0 Å². The molecular weight excluding hydrogens is 258 g/mol. The third kappa shape index (κ3) is 2.40.